The first-order valence-corrected chi connectivity index (χ1v) is 5.87. The molecule has 1 rings (SSSR count). The predicted octanol–water partition coefficient (Wildman–Crippen LogP) is 1.10. The number of rotatable bonds is 7. The maximum atomic E-state index is 5.25. The van der Waals surface area contributed by atoms with E-state index in [1.165, 1.54) is 25.9 Å². The Bertz CT molecular complexity index is 141. The van der Waals surface area contributed by atoms with Crippen molar-refractivity contribution in [2.45, 2.75) is 32.7 Å². The van der Waals surface area contributed by atoms with Gasteiger partial charge in [0.05, 0.1) is 6.61 Å². The van der Waals surface area contributed by atoms with E-state index in [1.54, 1.807) is 0 Å². The molecule has 0 bridgehead atoms. The molecule has 1 heterocycles. The van der Waals surface area contributed by atoms with Crippen molar-refractivity contribution in [3.8, 4) is 0 Å². The smallest absolute Gasteiger partial charge is 0.0590 e. The SMILES string of the molecule is CCOCCNCCN1CCCC1C. The zero-order valence-electron chi connectivity index (χ0n) is 9.59. The van der Waals surface area contributed by atoms with E-state index >= 15 is 0 Å². The summed E-state index contributed by atoms with van der Waals surface area (Å²) in [5, 5.41) is 3.40. The number of nitrogens with zero attached hydrogens (tertiary/aromatic N) is 1. The third-order valence-corrected chi connectivity index (χ3v) is 2.89. The average Bonchev–Trinajstić information content (AvgIpc) is 2.58. The molecule has 1 aliphatic rings. The Balaban J connectivity index is 1.88. The molecule has 1 fully saturated rings. The lowest BCUT2D eigenvalue weighted by Crippen LogP contribution is -2.35. The first kappa shape index (κ1) is 12.0. The third-order valence-electron chi connectivity index (χ3n) is 2.89. The van der Waals surface area contributed by atoms with E-state index in [1.807, 2.05) is 6.92 Å². The number of hydrogen-bond acceptors (Lipinski definition) is 3. The predicted molar refractivity (Wildman–Crippen MR) is 59.6 cm³/mol. The van der Waals surface area contributed by atoms with Crippen LogP contribution >= 0.6 is 0 Å². The Morgan fingerprint density at radius 3 is 2.93 bits per heavy atom. The van der Waals surface area contributed by atoms with Gasteiger partial charge in [-0.3, -0.25) is 4.90 Å². The minimum Gasteiger partial charge on any atom is -0.380 e. The van der Waals surface area contributed by atoms with Gasteiger partial charge in [-0.05, 0) is 33.2 Å². The molecule has 0 aromatic carbocycles. The maximum absolute atomic E-state index is 5.25. The van der Waals surface area contributed by atoms with E-state index in [-0.39, 0.29) is 0 Å². The first-order valence-electron chi connectivity index (χ1n) is 5.87. The van der Waals surface area contributed by atoms with Crippen molar-refractivity contribution >= 4 is 0 Å². The highest BCUT2D eigenvalue weighted by Crippen LogP contribution is 2.14. The van der Waals surface area contributed by atoms with Gasteiger partial charge in [0.25, 0.3) is 0 Å². The lowest BCUT2D eigenvalue weighted by molar-refractivity contribution is 0.148. The molecule has 0 aromatic rings. The number of likely N-dealkylation sites (tertiary alicyclic amines) is 1. The second kappa shape index (κ2) is 7.21. The van der Waals surface area contributed by atoms with Gasteiger partial charge in [-0.1, -0.05) is 0 Å². The van der Waals surface area contributed by atoms with Crippen molar-refractivity contribution in [1.29, 1.82) is 0 Å². The summed E-state index contributed by atoms with van der Waals surface area (Å²) in [6, 6.07) is 0.795. The normalized spacial score (nSPS) is 23.1. The van der Waals surface area contributed by atoms with Crippen LogP contribution in [0.3, 0.4) is 0 Å². The minimum absolute atomic E-state index is 0.795. The molecule has 0 spiro atoms. The van der Waals surface area contributed by atoms with Gasteiger partial charge in [0, 0.05) is 32.3 Å². The van der Waals surface area contributed by atoms with Crippen LogP contribution in [0.2, 0.25) is 0 Å². The van der Waals surface area contributed by atoms with Crippen molar-refractivity contribution < 1.29 is 4.74 Å². The summed E-state index contributed by atoms with van der Waals surface area (Å²) in [6.07, 6.45) is 2.75. The summed E-state index contributed by atoms with van der Waals surface area (Å²) in [7, 11) is 0. The molecular formula is C11H24N2O. The van der Waals surface area contributed by atoms with Gasteiger partial charge in [-0.15, -0.1) is 0 Å². The van der Waals surface area contributed by atoms with Gasteiger partial charge in [0.1, 0.15) is 0 Å². The standard InChI is InChI=1S/C11H24N2O/c1-3-14-10-7-12-6-9-13-8-4-5-11(13)2/h11-12H,3-10H2,1-2H3. The number of ether oxygens (including phenoxy) is 1. The van der Waals surface area contributed by atoms with Crippen molar-refractivity contribution in [2.75, 3.05) is 39.4 Å². The maximum Gasteiger partial charge on any atom is 0.0590 e. The molecule has 1 saturated heterocycles. The summed E-state index contributed by atoms with van der Waals surface area (Å²) >= 11 is 0. The van der Waals surface area contributed by atoms with Crippen LogP contribution in [0.15, 0.2) is 0 Å². The zero-order chi connectivity index (χ0) is 10.2. The Labute approximate surface area is 87.8 Å². The fraction of sp³-hybridized carbons (Fsp3) is 1.00. The molecule has 1 N–H and O–H groups in total. The summed E-state index contributed by atoms with van der Waals surface area (Å²) in [4.78, 5) is 2.56. The lowest BCUT2D eigenvalue weighted by Gasteiger charge is -2.20. The molecule has 0 aliphatic carbocycles. The fourth-order valence-electron chi connectivity index (χ4n) is 1.96. The topological polar surface area (TPSA) is 24.5 Å². The van der Waals surface area contributed by atoms with Crippen LogP contribution in [0.4, 0.5) is 0 Å². The summed E-state index contributed by atoms with van der Waals surface area (Å²) in [5.41, 5.74) is 0. The van der Waals surface area contributed by atoms with E-state index in [0.29, 0.717) is 0 Å². The first-order chi connectivity index (χ1) is 6.84. The molecule has 1 aliphatic heterocycles. The van der Waals surface area contributed by atoms with Crippen LogP contribution in [-0.4, -0.2) is 50.3 Å². The quantitative estimate of drug-likeness (QED) is 0.623. The van der Waals surface area contributed by atoms with E-state index < -0.39 is 0 Å². The van der Waals surface area contributed by atoms with E-state index in [4.69, 9.17) is 4.74 Å². The van der Waals surface area contributed by atoms with E-state index in [9.17, 15) is 0 Å². The lowest BCUT2D eigenvalue weighted by atomic mass is 10.2. The molecule has 0 amide bonds. The Hall–Kier alpha value is -0.120. The largest absolute Gasteiger partial charge is 0.380 e. The summed E-state index contributed by atoms with van der Waals surface area (Å²) < 4.78 is 5.25. The highest BCUT2D eigenvalue weighted by Gasteiger charge is 2.18. The number of nitrogens with one attached hydrogen (secondary N) is 1. The number of hydrogen-bond donors (Lipinski definition) is 1. The summed E-state index contributed by atoms with van der Waals surface area (Å²) in [5.74, 6) is 0. The van der Waals surface area contributed by atoms with Crippen molar-refractivity contribution in [3.63, 3.8) is 0 Å². The van der Waals surface area contributed by atoms with E-state index in [2.05, 4.69) is 17.1 Å². The third kappa shape index (κ3) is 4.40. The summed E-state index contributed by atoms with van der Waals surface area (Å²) in [6.45, 7) is 10.6. The van der Waals surface area contributed by atoms with Crippen LogP contribution in [0.5, 0.6) is 0 Å². The molecule has 1 unspecified atom stereocenters. The molecule has 3 heteroatoms. The van der Waals surface area contributed by atoms with Crippen LogP contribution in [0.25, 0.3) is 0 Å². The molecule has 14 heavy (non-hydrogen) atoms. The van der Waals surface area contributed by atoms with Crippen molar-refractivity contribution in [2.24, 2.45) is 0 Å². The highest BCUT2D eigenvalue weighted by molar-refractivity contribution is 4.75. The van der Waals surface area contributed by atoms with Crippen LogP contribution < -0.4 is 5.32 Å². The molecule has 84 valence electrons. The van der Waals surface area contributed by atoms with Crippen LogP contribution in [0, 0.1) is 0 Å². The second-order valence-corrected chi connectivity index (χ2v) is 3.97. The van der Waals surface area contributed by atoms with Gasteiger partial charge in [0.2, 0.25) is 0 Å². The van der Waals surface area contributed by atoms with Crippen LogP contribution in [-0.2, 0) is 4.74 Å². The Morgan fingerprint density at radius 1 is 1.43 bits per heavy atom. The molecular weight excluding hydrogens is 176 g/mol. The van der Waals surface area contributed by atoms with Gasteiger partial charge in [-0.2, -0.15) is 0 Å². The fourth-order valence-corrected chi connectivity index (χ4v) is 1.96. The molecule has 0 radical (unpaired) electrons. The molecule has 0 aromatic heterocycles. The molecule has 3 nitrogen and oxygen atoms in total. The Morgan fingerprint density at radius 2 is 2.29 bits per heavy atom. The van der Waals surface area contributed by atoms with Gasteiger partial charge < -0.3 is 10.1 Å². The zero-order valence-corrected chi connectivity index (χ0v) is 9.59. The molecule has 1 atom stereocenters. The highest BCUT2D eigenvalue weighted by atomic mass is 16.5. The minimum atomic E-state index is 0.795. The van der Waals surface area contributed by atoms with Gasteiger partial charge in [0.15, 0.2) is 0 Å². The van der Waals surface area contributed by atoms with Crippen LogP contribution in [0.1, 0.15) is 26.7 Å². The average molecular weight is 200 g/mol. The van der Waals surface area contributed by atoms with Crippen molar-refractivity contribution in [3.05, 3.63) is 0 Å². The van der Waals surface area contributed by atoms with Crippen molar-refractivity contribution in [1.82, 2.24) is 10.2 Å². The van der Waals surface area contributed by atoms with E-state index in [0.717, 1.165) is 32.3 Å². The Kier molecular flexibility index (Phi) is 6.15. The van der Waals surface area contributed by atoms with Gasteiger partial charge in [-0.25, -0.2) is 0 Å². The second-order valence-electron chi connectivity index (χ2n) is 3.97. The van der Waals surface area contributed by atoms with Gasteiger partial charge >= 0.3 is 0 Å². The molecule has 0 saturated carbocycles. The monoisotopic (exact) mass is 200 g/mol.